The van der Waals surface area contributed by atoms with Crippen LogP contribution < -0.4 is 34.0 Å². The Bertz CT molecular complexity index is 39.9. The van der Waals surface area contributed by atoms with E-state index in [4.69, 9.17) is 0 Å². The molecule has 0 radical (unpaired) electrons. The Morgan fingerprint density at radius 2 is 1.44 bits per heavy atom. The van der Waals surface area contributed by atoms with Crippen LogP contribution in [0, 0.1) is 0 Å². The third-order valence-electron chi connectivity index (χ3n) is 0.697. The van der Waals surface area contributed by atoms with Crippen LogP contribution in [-0.2, 0) is 0 Å². The molecule has 0 N–H and O–H groups in total. The minimum absolute atomic E-state index is 0. The summed E-state index contributed by atoms with van der Waals surface area (Å²) in [4.78, 5) is 0. The van der Waals surface area contributed by atoms with Gasteiger partial charge in [0.05, 0.1) is 0 Å². The van der Waals surface area contributed by atoms with Crippen LogP contribution in [0.4, 0.5) is 0 Å². The van der Waals surface area contributed by atoms with Crippen LogP contribution >= 0.6 is 0 Å². The average molecular weight is 279 g/mol. The normalized spacial score (nSPS) is 13.9. The van der Waals surface area contributed by atoms with Gasteiger partial charge < -0.3 is 34.0 Å². The molecule has 0 atom stereocenters. The number of rotatable bonds is 0. The van der Waals surface area contributed by atoms with Crippen LogP contribution in [0.2, 0.25) is 8.60 Å². The Morgan fingerprint density at radius 1 is 1.33 bits per heavy atom. The van der Waals surface area contributed by atoms with Crippen molar-refractivity contribution in [2.75, 3.05) is 0 Å². The molecule has 0 unspecified atom stereocenters. The summed E-state index contributed by atoms with van der Waals surface area (Å²) in [6, 6.07) is 0. The van der Waals surface area contributed by atoms with Gasteiger partial charge in [-0.05, 0) is 0 Å². The maximum atomic E-state index is 2.14. The van der Waals surface area contributed by atoms with Crippen molar-refractivity contribution in [2.45, 2.75) is 28.4 Å². The average Bonchev–Trinajstić information content (AvgIpc) is 2.25. The van der Waals surface area contributed by atoms with Gasteiger partial charge >= 0.3 is 71.8 Å². The van der Waals surface area contributed by atoms with E-state index in [9.17, 15) is 0 Å². The summed E-state index contributed by atoms with van der Waals surface area (Å²) >= 11 is 4.09. The molecule has 0 spiro atoms. The Labute approximate surface area is 104 Å². The molecule has 0 nitrogen and oxygen atoms in total. The summed E-state index contributed by atoms with van der Waals surface area (Å²) in [5.41, 5.74) is 0. The molecule has 0 heterocycles. The Morgan fingerprint density at radius 3 is 1.44 bits per heavy atom. The fourth-order valence-electron chi connectivity index (χ4n) is 0.118. The van der Waals surface area contributed by atoms with Crippen LogP contribution in [0.1, 0.15) is 19.8 Å². The minimum atomic E-state index is 0. The first-order valence-electron chi connectivity index (χ1n) is 2.93. The van der Waals surface area contributed by atoms with Crippen molar-refractivity contribution in [3.8, 4) is 0 Å². The monoisotopic (exact) mass is 276 g/mol. The van der Waals surface area contributed by atoms with Crippen molar-refractivity contribution in [1.29, 1.82) is 0 Å². The third kappa shape index (κ3) is 25.1. The summed E-state index contributed by atoms with van der Waals surface area (Å²) in [5.74, 6) is 0. The number of hydrogen-bond donors (Lipinski definition) is 0. The third-order valence-corrected chi connectivity index (χ3v) is 1.51. The van der Waals surface area contributed by atoms with Crippen LogP contribution in [0.3, 0.4) is 0 Å². The Balaban J connectivity index is -0.0000000680. The zero-order chi connectivity index (χ0) is 5.70. The van der Waals surface area contributed by atoms with E-state index in [2.05, 4.69) is 28.6 Å². The molecule has 0 amide bonds. The van der Waals surface area contributed by atoms with Gasteiger partial charge in [-0.15, -0.1) is 0 Å². The molecule has 1 rings (SSSR count). The van der Waals surface area contributed by atoms with Gasteiger partial charge in [-0.25, -0.2) is 0 Å². The van der Waals surface area contributed by atoms with E-state index in [0.717, 1.165) is 4.05 Å². The maximum absolute atomic E-state index is 2.14. The van der Waals surface area contributed by atoms with Gasteiger partial charge in [-0.2, -0.15) is 0 Å². The fraction of sp³-hybridized carbons (Fsp3) is 1.00. The Hall–Kier alpha value is 2.49. The van der Waals surface area contributed by atoms with Crippen LogP contribution in [0.15, 0.2) is 0 Å². The first-order valence-corrected chi connectivity index (χ1v) is 4.75. The van der Waals surface area contributed by atoms with E-state index < -0.39 is 0 Å². The summed E-state index contributed by atoms with van der Waals surface area (Å²) in [7, 11) is 0. The SMILES string of the molecule is C[CH2][Mg+].[Br-].[Br-].[Mg+][CH]1CC1. The predicted molar refractivity (Wildman–Crippen MR) is 35.0 cm³/mol. The molecule has 0 aromatic carbocycles. The molecule has 0 saturated heterocycles. The standard InChI is InChI=1S/C3H5.C2H5.2BrH.2Mg/c1-2-3-1;1-2;;;;/h1H,2-3H2;1H2,2H3;2*1H;;/q;;;;2*+1/p-2. The number of halogens is 2. The molecule has 1 aliphatic rings. The van der Waals surface area contributed by atoms with Gasteiger partial charge in [0.2, 0.25) is 0 Å². The molecule has 48 valence electrons. The van der Waals surface area contributed by atoms with Crippen LogP contribution in [0.25, 0.3) is 0 Å². The molecular weight excluding hydrogens is 268 g/mol. The zero-order valence-corrected chi connectivity index (χ0v) is 11.9. The molecule has 0 bridgehead atoms. The molecule has 0 aromatic rings. The second-order valence-corrected chi connectivity index (χ2v) is 4.10. The summed E-state index contributed by atoms with van der Waals surface area (Å²) in [6.07, 6.45) is 3.00. The molecule has 1 aliphatic carbocycles. The van der Waals surface area contributed by atoms with Crippen molar-refractivity contribution < 1.29 is 34.0 Å². The summed E-state index contributed by atoms with van der Waals surface area (Å²) in [6.45, 7) is 2.14. The number of hydrogen-bond acceptors (Lipinski definition) is 0. The van der Waals surface area contributed by atoms with Gasteiger partial charge in [0.1, 0.15) is 0 Å². The van der Waals surface area contributed by atoms with Crippen LogP contribution in [-0.4, -0.2) is 43.4 Å². The van der Waals surface area contributed by atoms with E-state index in [0.29, 0.717) is 0 Å². The van der Waals surface area contributed by atoms with Gasteiger partial charge in [-0.3, -0.25) is 0 Å². The molecule has 1 fully saturated rings. The second-order valence-electron chi connectivity index (χ2n) is 1.94. The molecule has 9 heavy (non-hydrogen) atoms. The molecule has 0 aromatic heterocycles. The zero-order valence-electron chi connectivity index (χ0n) is 5.87. The topological polar surface area (TPSA) is 0 Å². The van der Waals surface area contributed by atoms with Crippen molar-refractivity contribution in [1.82, 2.24) is 0 Å². The first-order chi connectivity index (χ1) is 3.31. The van der Waals surface area contributed by atoms with Crippen LogP contribution in [0.5, 0.6) is 0 Å². The summed E-state index contributed by atoms with van der Waals surface area (Å²) < 4.78 is 2.39. The van der Waals surface area contributed by atoms with E-state index in [1.165, 1.54) is 17.4 Å². The van der Waals surface area contributed by atoms with Crippen molar-refractivity contribution >= 4 is 43.4 Å². The summed E-state index contributed by atoms with van der Waals surface area (Å²) in [5, 5.41) is 0. The Kier molecular flexibility index (Phi) is 25.6. The molecule has 4 heteroatoms. The van der Waals surface area contributed by atoms with E-state index >= 15 is 0 Å². The van der Waals surface area contributed by atoms with E-state index in [-0.39, 0.29) is 34.0 Å². The van der Waals surface area contributed by atoms with E-state index in [1.807, 2.05) is 21.7 Å². The predicted octanol–water partition coefficient (Wildman–Crippen LogP) is -4.66. The van der Waals surface area contributed by atoms with Gasteiger partial charge in [0.25, 0.3) is 0 Å². The van der Waals surface area contributed by atoms with Gasteiger partial charge in [0, 0.05) is 0 Å². The van der Waals surface area contributed by atoms with E-state index in [1.54, 1.807) is 0 Å². The van der Waals surface area contributed by atoms with Gasteiger partial charge in [-0.1, -0.05) is 0 Å². The van der Waals surface area contributed by atoms with Crippen molar-refractivity contribution in [2.24, 2.45) is 0 Å². The van der Waals surface area contributed by atoms with Crippen molar-refractivity contribution in [3.05, 3.63) is 0 Å². The first kappa shape index (κ1) is 17.5. The molecule has 0 aliphatic heterocycles. The second kappa shape index (κ2) is 13.1. The molecule has 1 saturated carbocycles. The quantitative estimate of drug-likeness (QED) is 0.391. The molecular formula is C5H10Br2Mg2. The fourth-order valence-corrected chi connectivity index (χ4v) is 0.354. The van der Waals surface area contributed by atoms with Gasteiger partial charge in [0.15, 0.2) is 0 Å². The van der Waals surface area contributed by atoms with Crippen molar-refractivity contribution in [3.63, 3.8) is 0 Å².